The summed E-state index contributed by atoms with van der Waals surface area (Å²) in [6, 6.07) is 6.06. The van der Waals surface area contributed by atoms with Gasteiger partial charge < -0.3 is 4.65 Å². The molecule has 1 aliphatic rings. The van der Waals surface area contributed by atoms with Crippen molar-refractivity contribution in [3.8, 4) is 0 Å². The molecule has 0 aromatic heterocycles. The molecular formula is C16H17BFNO2. The number of carbonyl (C=O) groups is 1. The molecule has 1 aromatic carbocycles. The van der Waals surface area contributed by atoms with Gasteiger partial charge in [0.15, 0.2) is 0 Å². The van der Waals surface area contributed by atoms with E-state index in [0.29, 0.717) is 0 Å². The first-order valence-corrected chi connectivity index (χ1v) is 6.91. The number of hydrogen-bond donors (Lipinski definition) is 0. The third-order valence-corrected chi connectivity index (χ3v) is 3.28. The van der Waals surface area contributed by atoms with Gasteiger partial charge in [-0.1, -0.05) is 17.6 Å². The lowest BCUT2D eigenvalue weighted by molar-refractivity contribution is -0.132. The Balaban J connectivity index is 2.00. The summed E-state index contributed by atoms with van der Waals surface area (Å²) in [5, 5.41) is 0. The fourth-order valence-electron chi connectivity index (χ4n) is 2.13. The van der Waals surface area contributed by atoms with Crippen molar-refractivity contribution in [2.45, 2.75) is 26.6 Å². The van der Waals surface area contributed by atoms with Crippen molar-refractivity contribution in [3.05, 3.63) is 53.3 Å². The highest BCUT2D eigenvalue weighted by Gasteiger charge is 2.19. The van der Waals surface area contributed by atoms with Crippen LogP contribution < -0.4 is 0 Å². The van der Waals surface area contributed by atoms with Crippen molar-refractivity contribution in [3.63, 3.8) is 0 Å². The second-order valence-corrected chi connectivity index (χ2v) is 4.97. The minimum absolute atomic E-state index is 0.186. The predicted molar refractivity (Wildman–Crippen MR) is 83.3 cm³/mol. The van der Waals surface area contributed by atoms with Crippen LogP contribution in [0.15, 0.2) is 52.5 Å². The van der Waals surface area contributed by atoms with E-state index in [1.54, 1.807) is 18.3 Å². The van der Waals surface area contributed by atoms with E-state index in [-0.39, 0.29) is 18.7 Å². The summed E-state index contributed by atoms with van der Waals surface area (Å²) in [6.07, 6.45) is 7.43. The van der Waals surface area contributed by atoms with Crippen LogP contribution in [-0.2, 0) is 9.45 Å². The van der Waals surface area contributed by atoms with Gasteiger partial charge in [-0.15, -0.1) is 0 Å². The van der Waals surface area contributed by atoms with E-state index in [4.69, 9.17) is 4.65 Å². The lowest BCUT2D eigenvalue weighted by Gasteiger charge is -2.16. The van der Waals surface area contributed by atoms with E-state index in [1.807, 2.05) is 19.0 Å². The third kappa shape index (κ3) is 4.70. The molecule has 0 spiro atoms. The maximum absolute atomic E-state index is 12.8. The van der Waals surface area contributed by atoms with Crippen molar-refractivity contribution in [1.29, 1.82) is 0 Å². The van der Waals surface area contributed by atoms with Gasteiger partial charge in [0.05, 0.1) is 5.69 Å². The van der Waals surface area contributed by atoms with E-state index in [9.17, 15) is 9.18 Å². The maximum atomic E-state index is 12.8. The SMILES string of the molecule is CB(OC(C)=O)C1=CC=C(C=Nc2ccc(F)cc2)CC1. The summed E-state index contributed by atoms with van der Waals surface area (Å²) in [4.78, 5) is 15.2. The van der Waals surface area contributed by atoms with Crippen LogP contribution in [0.4, 0.5) is 10.1 Å². The zero-order valence-corrected chi connectivity index (χ0v) is 12.2. The molecule has 21 heavy (non-hydrogen) atoms. The molecule has 0 radical (unpaired) electrons. The Labute approximate surface area is 124 Å². The first-order chi connectivity index (χ1) is 10.0. The number of benzene rings is 1. The van der Waals surface area contributed by atoms with Crippen molar-refractivity contribution in [1.82, 2.24) is 0 Å². The number of hydrogen-bond acceptors (Lipinski definition) is 3. The number of halogens is 1. The largest absolute Gasteiger partial charge is 0.532 e. The normalized spacial score (nSPS) is 14.6. The quantitative estimate of drug-likeness (QED) is 0.621. The van der Waals surface area contributed by atoms with Crippen molar-refractivity contribution < 1.29 is 13.8 Å². The summed E-state index contributed by atoms with van der Waals surface area (Å²) in [7, 11) is 0. The summed E-state index contributed by atoms with van der Waals surface area (Å²) in [5.74, 6) is -0.533. The molecule has 0 heterocycles. The second kappa shape index (κ2) is 7.02. The van der Waals surface area contributed by atoms with Crippen molar-refractivity contribution in [2.24, 2.45) is 4.99 Å². The van der Waals surface area contributed by atoms with Crippen LogP contribution in [0, 0.1) is 5.82 Å². The van der Waals surface area contributed by atoms with E-state index >= 15 is 0 Å². The number of rotatable bonds is 4. The van der Waals surface area contributed by atoms with Gasteiger partial charge in [0, 0.05) is 13.1 Å². The topological polar surface area (TPSA) is 38.7 Å². The van der Waals surface area contributed by atoms with Gasteiger partial charge in [-0.05, 0) is 49.5 Å². The van der Waals surface area contributed by atoms with Gasteiger partial charge in [-0.2, -0.15) is 0 Å². The molecule has 0 amide bonds. The molecule has 3 nitrogen and oxygen atoms in total. The molecule has 0 N–H and O–H groups in total. The molecule has 5 heteroatoms. The van der Waals surface area contributed by atoms with Gasteiger partial charge in [0.2, 0.25) is 0 Å². The van der Waals surface area contributed by atoms with Crippen LogP contribution in [0.25, 0.3) is 0 Å². The van der Waals surface area contributed by atoms with Crippen LogP contribution in [0.3, 0.4) is 0 Å². The molecule has 0 fully saturated rings. The highest BCUT2D eigenvalue weighted by atomic mass is 19.1. The van der Waals surface area contributed by atoms with E-state index in [0.717, 1.165) is 29.6 Å². The predicted octanol–water partition coefficient (Wildman–Crippen LogP) is 3.90. The lowest BCUT2D eigenvalue weighted by Crippen LogP contribution is -2.21. The summed E-state index contributed by atoms with van der Waals surface area (Å²) in [5.41, 5.74) is 2.92. The molecule has 0 aliphatic heterocycles. The monoisotopic (exact) mass is 285 g/mol. The average molecular weight is 285 g/mol. The number of nitrogens with zero attached hydrogens (tertiary/aromatic N) is 1. The minimum Gasteiger partial charge on any atom is -0.532 e. The van der Waals surface area contributed by atoms with Crippen molar-refractivity contribution >= 4 is 24.8 Å². The number of aliphatic imine (C=N–C) groups is 1. The van der Waals surface area contributed by atoms with Crippen molar-refractivity contribution in [2.75, 3.05) is 0 Å². The number of allylic oxidation sites excluding steroid dienone is 4. The van der Waals surface area contributed by atoms with Crippen LogP contribution in [0.2, 0.25) is 6.82 Å². The Morgan fingerprint density at radius 3 is 2.57 bits per heavy atom. The van der Waals surface area contributed by atoms with Gasteiger partial charge in [0.1, 0.15) is 5.82 Å². The maximum Gasteiger partial charge on any atom is 0.388 e. The van der Waals surface area contributed by atoms with Gasteiger partial charge >= 0.3 is 6.92 Å². The van der Waals surface area contributed by atoms with Crippen LogP contribution >= 0.6 is 0 Å². The van der Waals surface area contributed by atoms with Gasteiger partial charge in [0.25, 0.3) is 5.97 Å². The molecule has 0 unspecified atom stereocenters. The molecular weight excluding hydrogens is 268 g/mol. The standard InChI is InChI=1S/C16H17BFNO2/c1-12(20)21-17(2)14-5-3-13(4-6-14)11-19-16-9-7-15(18)8-10-16/h3,5,7-11H,4,6H2,1-2H3. The molecule has 1 aliphatic carbocycles. The summed E-state index contributed by atoms with van der Waals surface area (Å²) < 4.78 is 17.9. The van der Waals surface area contributed by atoms with Crippen LogP contribution in [0.5, 0.6) is 0 Å². The number of carbonyl (C=O) groups excluding carboxylic acids is 1. The molecule has 1 aromatic rings. The molecule has 0 atom stereocenters. The van der Waals surface area contributed by atoms with Gasteiger partial charge in [-0.3, -0.25) is 9.79 Å². The van der Waals surface area contributed by atoms with E-state index in [2.05, 4.69) is 4.99 Å². The zero-order valence-electron chi connectivity index (χ0n) is 12.2. The Morgan fingerprint density at radius 1 is 1.29 bits per heavy atom. The molecule has 2 rings (SSSR count). The highest BCUT2D eigenvalue weighted by molar-refractivity contribution is 6.60. The Hall–Kier alpha value is -2.17. The Morgan fingerprint density at radius 2 is 2.00 bits per heavy atom. The Kier molecular flexibility index (Phi) is 5.09. The molecule has 0 bridgehead atoms. The minimum atomic E-state index is -0.268. The molecule has 0 saturated heterocycles. The third-order valence-electron chi connectivity index (χ3n) is 3.28. The Bertz CT molecular complexity index is 605. The lowest BCUT2D eigenvalue weighted by atomic mass is 9.60. The molecule has 108 valence electrons. The first kappa shape index (κ1) is 15.2. The fraction of sp³-hybridized carbons (Fsp3) is 0.250. The fourth-order valence-corrected chi connectivity index (χ4v) is 2.13. The van der Waals surface area contributed by atoms with Crippen LogP contribution in [0.1, 0.15) is 19.8 Å². The van der Waals surface area contributed by atoms with E-state index in [1.165, 1.54) is 19.1 Å². The summed E-state index contributed by atoms with van der Waals surface area (Å²) in [6.45, 7) is 3.10. The van der Waals surface area contributed by atoms with Crippen LogP contribution in [-0.4, -0.2) is 19.1 Å². The highest BCUT2D eigenvalue weighted by Crippen LogP contribution is 2.21. The average Bonchev–Trinajstić information content (AvgIpc) is 2.46. The zero-order chi connectivity index (χ0) is 15.2. The molecule has 0 saturated carbocycles. The van der Waals surface area contributed by atoms with E-state index < -0.39 is 0 Å². The summed E-state index contributed by atoms with van der Waals surface area (Å²) >= 11 is 0. The second-order valence-electron chi connectivity index (χ2n) is 4.97. The smallest absolute Gasteiger partial charge is 0.388 e. The van der Waals surface area contributed by atoms with Gasteiger partial charge in [-0.25, -0.2) is 4.39 Å². The first-order valence-electron chi connectivity index (χ1n) is 6.91.